The van der Waals surface area contributed by atoms with Crippen molar-refractivity contribution < 1.29 is 4.79 Å². The van der Waals surface area contributed by atoms with Crippen molar-refractivity contribution in [2.45, 2.75) is 32.2 Å². The normalized spacial score (nSPS) is 16.2. The third-order valence-electron chi connectivity index (χ3n) is 3.79. The highest BCUT2D eigenvalue weighted by Gasteiger charge is 2.22. The summed E-state index contributed by atoms with van der Waals surface area (Å²) in [5.74, 6) is 0.208. The Balaban J connectivity index is 1.84. The number of nitrogens with two attached hydrogens (primary N) is 1. The summed E-state index contributed by atoms with van der Waals surface area (Å²) in [5.41, 5.74) is 6.78. The molecule has 2 rings (SSSR count). The van der Waals surface area contributed by atoms with Crippen LogP contribution in [0.3, 0.4) is 0 Å². The second-order valence-electron chi connectivity index (χ2n) is 6.34. The number of benzene rings is 1. The summed E-state index contributed by atoms with van der Waals surface area (Å²) in [6.45, 7) is 7.12. The zero-order valence-corrected chi connectivity index (χ0v) is 13.6. The predicted molar refractivity (Wildman–Crippen MR) is 87.7 cm³/mol. The molecule has 0 aliphatic carbocycles. The number of halogens is 1. The van der Waals surface area contributed by atoms with Gasteiger partial charge in [-0.1, -0.05) is 17.7 Å². The van der Waals surface area contributed by atoms with Crippen molar-refractivity contribution in [1.82, 2.24) is 4.90 Å². The maximum atomic E-state index is 12.2. The molecule has 0 bridgehead atoms. The van der Waals surface area contributed by atoms with Crippen molar-refractivity contribution in [3.8, 4) is 0 Å². The van der Waals surface area contributed by atoms with Crippen LogP contribution in [0.15, 0.2) is 24.3 Å². The first-order valence-electron chi connectivity index (χ1n) is 7.42. The van der Waals surface area contributed by atoms with Crippen LogP contribution in [0.1, 0.15) is 26.7 Å². The van der Waals surface area contributed by atoms with Crippen molar-refractivity contribution in [3.63, 3.8) is 0 Å². The summed E-state index contributed by atoms with van der Waals surface area (Å²) in [4.78, 5) is 16.4. The maximum absolute atomic E-state index is 12.2. The molecule has 1 aliphatic heterocycles. The van der Waals surface area contributed by atoms with Gasteiger partial charge < -0.3 is 15.5 Å². The summed E-state index contributed by atoms with van der Waals surface area (Å²) in [7, 11) is 0. The predicted octanol–water partition coefficient (Wildman–Crippen LogP) is 2.51. The minimum atomic E-state index is -0.279. The first-order chi connectivity index (χ1) is 9.85. The molecule has 116 valence electrons. The molecule has 1 aromatic carbocycles. The topological polar surface area (TPSA) is 49.6 Å². The van der Waals surface area contributed by atoms with E-state index in [-0.39, 0.29) is 11.4 Å². The van der Waals surface area contributed by atoms with Gasteiger partial charge >= 0.3 is 0 Å². The van der Waals surface area contributed by atoms with Crippen LogP contribution < -0.4 is 10.6 Å². The number of nitrogens with zero attached hydrogens (tertiary/aromatic N) is 2. The number of hydrogen-bond acceptors (Lipinski definition) is 3. The van der Waals surface area contributed by atoms with Gasteiger partial charge in [0.25, 0.3) is 0 Å². The third kappa shape index (κ3) is 4.90. The lowest BCUT2D eigenvalue weighted by Gasteiger charge is -2.36. The fraction of sp³-hybridized carbons (Fsp3) is 0.562. The Morgan fingerprint density at radius 2 is 1.95 bits per heavy atom. The van der Waals surface area contributed by atoms with Crippen molar-refractivity contribution >= 4 is 23.2 Å². The summed E-state index contributed by atoms with van der Waals surface area (Å²) in [5, 5.41) is 0.746. The second kappa shape index (κ2) is 6.67. The number of hydrogen-bond donors (Lipinski definition) is 1. The molecule has 0 aromatic heterocycles. The average molecular weight is 310 g/mol. The second-order valence-corrected chi connectivity index (χ2v) is 6.77. The molecule has 0 radical (unpaired) electrons. The molecular weight excluding hydrogens is 286 g/mol. The fourth-order valence-corrected chi connectivity index (χ4v) is 2.66. The summed E-state index contributed by atoms with van der Waals surface area (Å²) in [6, 6.07) is 7.86. The smallest absolute Gasteiger partial charge is 0.222 e. The fourth-order valence-electron chi connectivity index (χ4n) is 2.47. The van der Waals surface area contributed by atoms with Crippen LogP contribution >= 0.6 is 11.6 Å². The molecule has 0 atom stereocenters. The zero-order chi connectivity index (χ0) is 15.5. The number of rotatable bonds is 4. The van der Waals surface area contributed by atoms with Gasteiger partial charge in [-0.3, -0.25) is 4.79 Å². The number of carbonyl (C=O) groups excluding carboxylic acids is 1. The number of anilines is 1. The molecule has 1 aromatic rings. The lowest BCUT2D eigenvalue weighted by Crippen LogP contribution is -2.49. The minimum absolute atomic E-state index is 0.208. The van der Waals surface area contributed by atoms with E-state index in [1.807, 2.05) is 36.9 Å². The van der Waals surface area contributed by atoms with E-state index in [2.05, 4.69) is 11.0 Å². The zero-order valence-electron chi connectivity index (χ0n) is 12.8. The molecule has 1 fully saturated rings. The largest absolute Gasteiger partial charge is 0.368 e. The van der Waals surface area contributed by atoms with Crippen LogP contribution in [-0.4, -0.2) is 42.5 Å². The van der Waals surface area contributed by atoms with Crippen LogP contribution in [0.4, 0.5) is 5.69 Å². The highest BCUT2D eigenvalue weighted by molar-refractivity contribution is 6.30. The molecule has 0 unspecified atom stereocenters. The quantitative estimate of drug-likeness (QED) is 0.929. The van der Waals surface area contributed by atoms with E-state index >= 15 is 0 Å². The van der Waals surface area contributed by atoms with E-state index in [9.17, 15) is 4.79 Å². The summed E-state index contributed by atoms with van der Waals surface area (Å²) in [6.07, 6.45) is 1.25. The van der Waals surface area contributed by atoms with Crippen molar-refractivity contribution in [1.29, 1.82) is 0 Å². The van der Waals surface area contributed by atoms with Crippen LogP contribution in [0.2, 0.25) is 5.02 Å². The van der Waals surface area contributed by atoms with E-state index in [1.54, 1.807) is 0 Å². The van der Waals surface area contributed by atoms with Gasteiger partial charge in [-0.2, -0.15) is 0 Å². The van der Waals surface area contributed by atoms with Gasteiger partial charge in [-0.15, -0.1) is 0 Å². The molecule has 21 heavy (non-hydrogen) atoms. The third-order valence-corrected chi connectivity index (χ3v) is 4.02. The molecule has 2 N–H and O–H groups in total. The molecule has 1 amide bonds. The Morgan fingerprint density at radius 1 is 1.29 bits per heavy atom. The Morgan fingerprint density at radius 3 is 2.52 bits per heavy atom. The lowest BCUT2D eigenvalue weighted by molar-refractivity contribution is -0.131. The Labute approximate surface area is 131 Å². The summed E-state index contributed by atoms with van der Waals surface area (Å²) < 4.78 is 0. The molecule has 1 aliphatic rings. The van der Waals surface area contributed by atoms with Gasteiger partial charge in [0.2, 0.25) is 5.91 Å². The standard InChI is InChI=1S/C16H24ClN3O/c1-16(2,18)7-6-15(21)20-10-8-19(9-11-20)14-5-3-4-13(17)12-14/h3-5,12H,6-11,18H2,1-2H3. The lowest BCUT2D eigenvalue weighted by atomic mass is 9.99. The van der Waals surface area contributed by atoms with Crippen LogP contribution in [0, 0.1) is 0 Å². The Kier molecular flexibility index (Phi) is 5.12. The molecular formula is C16H24ClN3O. The molecule has 5 heteroatoms. The van der Waals surface area contributed by atoms with Gasteiger partial charge in [0, 0.05) is 48.8 Å². The van der Waals surface area contributed by atoms with Crippen LogP contribution in [-0.2, 0) is 4.79 Å². The average Bonchev–Trinajstić information content (AvgIpc) is 2.44. The SMILES string of the molecule is CC(C)(N)CCC(=O)N1CCN(c2cccc(Cl)c2)CC1. The van der Waals surface area contributed by atoms with Gasteiger partial charge in [-0.25, -0.2) is 0 Å². The van der Waals surface area contributed by atoms with Crippen LogP contribution in [0.25, 0.3) is 0 Å². The molecule has 1 heterocycles. The Bertz CT molecular complexity index is 491. The van der Waals surface area contributed by atoms with Crippen molar-refractivity contribution in [2.24, 2.45) is 5.73 Å². The highest BCUT2D eigenvalue weighted by Crippen LogP contribution is 2.21. The van der Waals surface area contributed by atoms with E-state index in [1.165, 1.54) is 0 Å². The molecule has 4 nitrogen and oxygen atoms in total. The number of piperazine rings is 1. The van der Waals surface area contributed by atoms with Crippen molar-refractivity contribution in [3.05, 3.63) is 29.3 Å². The number of amides is 1. The van der Waals surface area contributed by atoms with Gasteiger partial charge in [0.05, 0.1) is 0 Å². The first kappa shape index (κ1) is 16.1. The van der Waals surface area contributed by atoms with Gasteiger partial charge in [-0.05, 0) is 38.5 Å². The highest BCUT2D eigenvalue weighted by atomic mass is 35.5. The van der Waals surface area contributed by atoms with Gasteiger partial charge in [0.15, 0.2) is 0 Å². The van der Waals surface area contributed by atoms with E-state index < -0.39 is 0 Å². The number of carbonyl (C=O) groups is 1. The molecule has 1 saturated heterocycles. The maximum Gasteiger partial charge on any atom is 0.222 e. The molecule has 0 saturated carbocycles. The van der Waals surface area contributed by atoms with Crippen molar-refractivity contribution in [2.75, 3.05) is 31.1 Å². The van der Waals surface area contributed by atoms with E-state index in [0.29, 0.717) is 6.42 Å². The van der Waals surface area contributed by atoms with Gasteiger partial charge in [0.1, 0.15) is 0 Å². The summed E-state index contributed by atoms with van der Waals surface area (Å²) >= 11 is 6.02. The van der Waals surface area contributed by atoms with Crippen LogP contribution in [0.5, 0.6) is 0 Å². The monoisotopic (exact) mass is 309 g/mol. The molecule has 0 spiro atoms. The Hall–Kier alpha value is -1.26. The van der Waals surface area contributed by atoms with E-state index in [4.69, 9.17) is 17.3 Å². The first-order valence-corrected chi connectivity index (χ1v) is 7.80. The minimum Gasteiger partial charge on any atom is -0.368 e. The van der Waals surface area contributed by atoms with E-state index in [0.717, 1.165) is 43.3 Å².